The second-order valence-corrected chi connectivity index (χ2v) is 10.6. The molecule has 0 aromatic rings. The molecule has 30 heavy (non-hydrogen) atoms. The van der Waals surface area contributed by atoms with Crippen LogP contribution in [0.5, 0.6) is 0 Å². The first-order valence-electron chi connectivity index (χ1n) is 14.3. The summed E-state index contributed by atoms with van der Waals surface area (Å²) in [6.45, 7) is 8.81. The van der Waals surface area contributed by atoms with Gasteiger partial charge in [-0.1, -0.05) is 156 Å². The highest BCUT2D eigenvalue weighted by atomic mass is 16.3. The molecule has 182 valence electrons. The summed E-state index contributed by atoms with van der Waals surface area (Å²) in [6.07, 6.45) is 31.3. The van der Waals surface area contributed by atoms with E-state index in [0.717, 1.165) is 5.92 Å². The Morgan fingerprint density at radius 1 is 0.433 bits per heavy atom. The van der Waals surface area contributed by atoms with Crippen LogP contribution in [0.1, 0.15) is 169 Å². The topological polar surface area (TPSA) is 20.2 Å². The van der Waals surface area contributed by atoms with Crippen LogP contribution < -0.4 is 0 Å². The minimum absolute atomic E-state index is 0.143. The van der Waals surface area contributed by atoms with Gasteiger partial charge < -0.3 is 5.11 Å². The number of aliphatic hydroxyl groups excluding tert-OH is 1. The minimum Gasteiger partial charge on any atom is -0.393 e. The summed E-state index contributed by atoms with van der Waals surface area (Å²) >= 11 is 0. The summed E-state index contributed by atoms with van der Waals surface area (Å²) in [5.74, 6) is 1.33. The van der Waals surface area contributed by atoms with Gasteiger partial charge in [-0.15, -0.1) is 0 Å². The van der Waals surface area contributed by atoms with E-state index in [0.29, 0.717) is 5.92 Å². The summed E-state index contributed by atoms with van der Waals surface area (Å²) in [4.78, 5) is 0. The van der Waals surface area contributed by atoms with Crippen molar-refractivity contribution in [3.05, 3.63) is 0 Å². The third-order valence-corrected chi connectivity index (χ3v) is 7.23. The molecule has 1 heteroatoms. The van der Waals surface area contributed by atoms with Gasteiger partial charge in [0, 0.05) is 0 Å². The van der Waals surface area contributed by atoms with Crippen molar-refractivity contribution in [3.63, 3.8) is 0 Å². The monoisotopic (exact) mass is 424 g/mol. The molecule has 0 amide bonds. The van der Waals surface area contributed by atoms with Gasteiger partial charge in [0.25, 0.3) is 0 Å². The number of rotatable bonds is 24. The fourth-order valence-electron chi connectivity index (χ4n) is 4.57. The summed E-state index contributed by atoms with van der Waals surface area (Å²) in [7, 11) is 0. The Morgan fingerprint density at radius 2 is 0.767 bits per heavy atom. The molecule has 3 atom stereocenters. The van der Waals surface area contributed by atoms with Crippen LogP contribution in [0.2, 0.25) is 0 Å². The number of aliphatic hydroxyl groups is 1. The molecule has 1 unspecified atom stereocenters. The van der Waals surface area contributed by atoms with Crippen LogP contribution in [-0.4, -0.2) is 11.2 Å². The minimum atomic E-state index is -0.143. The van der Waals surface area contributed by atoms with Crippen molar-refractivity contribution < 1.29 is 5.11 Å². The van der Waals surface area contributed by atoms with Gasteiger partial charge in [0.1, 0.15) is 0 Å². The van der Waals surface area contributed by atoms with Gasteiger partial charge in [0.15, 0.2) is 0 Å². The van der Waals surface area contributed by atoms with Crippen LogP contribution >= 0.6 is 0 Å². The maximum absolute atomic E-state index is 9.56. The molecule has 0 fully saturated rings. The lowest BCUT2D eigenvalue weighted by Gasteiger charge is -2.16. The first kappa shape index (κ1) is 30.0. The average Bonchev–Trinajstić information content (AvgIpc) is 2.72. The molecule has 0 aliphatic rings. The lowest BCUT2D eigenvalue weighted by Crippen LogP contribution is -2.13. The second-order valence-electron chi connectivity index (χ2n) is 10.6. The number of hydrogen-bond acceptors (Lipinski definition) is 1. The predicted octanol–water partition coefficient (Wildman–Crippen LogP) is 10.2. The number of hydrogen-bond donors (Lipinski definition) is 1. The molecular weight excluding hydrogens is 364 g/mol. The van der Waals surface area contributed by atoms with Crippen molar-refractivity contribution >= 4 is 0 Å². The van der Waals surface area contributed by atoms with Gasteiger partial charge in [0.05, 0.1) is 6.10 Å². The van der Waals surface area contributed by atoms with Crippen molar-refractivity contribution in [2.75, 3.05) is 0 Å². The molecule has 1 nitrogen and oxygen atoms in total. The van der Waals surface area contributed by atoms with Gasteiger partial charge in [-0.05, 0) is 25.2 Å². The molecule has 0 saturated heterocycles. The first-order chi connectivity index (χ1) is 14.6. The third-order valence-electron chi connectivity index (χ3n) is 7.23. The zero-order chi connectivity index (χ0) is 22.3. The molecule has 0 aromatic heterocycles. The van der Waals surface area contributed by atoms with E-state index in [4.69, 9.17) is 0 Å². The van der Waals surface area contributed by atoms with Gasteiger partial charge in [-0.2, -0.15) is 0 Å². The van der Waals surface area contributed by atoms with Crippen molar-refractivity contribution in [1.29, 1.82) is 0 Å². The summed E-state index contributed by atoms with van der Waals surface area (Å²) in [5.41, 5.74) is 0. The van der Waals surface area contributed by atoms with Crippen molar-refractivity contribution in [1.82, 2.24) is 0 Å². The summed E-state index contributed by atoms with van der Waals surface area (Å²) in [5, 5.41) is 9.56. The Balaban J connectivity index is 3.15. The largest absolute Gasteiger partial charge is 0.393 e. The van der Waals surface area contributed by atoms with E-state index in [1.807, 2.05) is 6.92 Å². The van der Waals surface area contributed by atoms with Gasteiger partial charge in [-0.25, -0.2) is 0 Å². The van der Waals surface area contributed by atoms with E-state index in [1.165, 1.54) is 141 Å². The SMILES string of the molecule is CCCCCCCCCCCCCCCCCCCC[C@H](C)CCC[C@H](C)C(C)O. The molecule has 0 heterocycles. The quantitative estimate of drug-likeness (QED) is 0.153. The molecular formula is C29H60O. The molecule has 0 aliphatic carbocycles. The lowest BCUT2D eigenvalue weighted by molar-refractivity contribution is 0.127. The molecule has 0 aliphatic heterocycles. The Kier molecular flexibility index (Phi) is 23.6. The molecule has 0 rings (SSSR count). The predicted molar refractivity (Wildman–Crippen MR) is 137 cm³/mol. The molecule has 1 N–H and O–H groups in total. The molecule has 0 saturated carbocycles. The Morgan fingerprint density at radius 3 is 1.13 bits per heavy atom. The van der Waals surface area contributed by atoms with Crippen LogP contribution in [0.25, 0.3) is 0 Å². The van der Waals surface area contributed by atoms with E-state index in [2.05, 4.69) is 20.8 Å². The second kappa shape index (κ2) is 23.6. The van der Waals surface area contributed by atoms with E-state index >= 15 is 0 Å². The Bertz CT molecular complexity index is 311. The molecule has 0 aromatic carbocycles. The number of unbranched alkanes of at least 4 members (excludes halogenated alkanes) is 17. The van der Waals surface area contributed by atoms with Crippen LogP contribution in [-0.2, 0) is 0 Å². The zero-order valence-corrected chi connectivity index (χ0v) is 21.7. The van der Waals surface area contributed by atoms with Crippen LogP contribution in [0.4, 0.5) is 0 Å². The highest BCUT2D eigenvalue weighted by molar-refractivity contribution is 4.61. The van der Waals surface area contributed by atoms with E-state index in [-0.39, 0.29) is 6.10 Å². The Labute approximate surface area is 192 Å². The normalized spacial score (nSPS) is 14.7. The standard InChI is InChI=1S/C29H60O/c1-5-6-7-8-9-10-11-12-13-14-15-16-17-18-19-20-21-22-24-27(2)25-23-26-28(3)29(4)30/h27-30H,5-26H2,1-4H3/t27-,28-,29?/m0/s1. The highest BCUT2D eigenvalue weighted by Crippen LogP contribution is 2.20. The van der Waals surface area contributed by atoms with Crippen molar-refractivity contribution in [3.8, 4) is 0 Å². The summed E-state index contributed by atoms with van der Waals surface area (Å²) < 4.78 is 0. The van der Waals surface area contributed by atoms with Gasteiger partial charge in [-0.3, -0.25) is 0 Å². The van der Waals surface area contributed by atoms with Gasteiger partial charge in [0.2, 0.25) is 0 Å². The van der Waals surface area contributed by atoms with Crippen LogP contribution in [0, 0.1) is 11.8 Å². The fraction of sp³-hybridized carbons (Fsp3) is 1.00. The maximum atomic E-state index is 9.56. The fourth-order valence-corrected chi connectivity index (χ4v) is 4.57. The Hall–Kier alpha value is -0.0400. The molecule has 0 radical (unpaired) electrons. The zero-order valence-electron chi connectivity index (χ0n) is 21.7. The lowest BCUT2D eigenvalue weighted by atomic mass is 9.93. The molecule has 0 bridgehead atoms. The highest BCUT2D eigenvalue weighted by Gasteiger charge is 2.09. The smallest absolute Gasteiger partial charge is 0.0537 e. The third kappa shape index (κ3) is 22.6. The van der Waals surface area contributed by atoms with Crippen LogP contribution in [0.15, 0.2) is 0 Å². The van der Waals surface area contributed by atoms with Crippen molar-refractivity contribution in [2.24, 2.45) is 11.8 Å². The van der Waals surface area contributed by atoms with E-state index in [9.17, 15) is 5.11 Å². The van der Waals surface area contributed by atoms with Crippen LogP contribution in [0.3, 0.4) is 0 Å². The van der Waals surface area contributed by atoms with E-state index in [1.54, 1.807) is 0 Å². The molecule has 0 spiro atoms. The van der Waals surface area contributed by atoms with Gasteiger partial charge >= 0.3 is 0 Å². The maximum Gasteiger partial charge on any atom is 0.0537 e. The first-order valence-corrected chi connectivity index (χ1v) is 14.3. The average molecular weight is 425 g/mol. The van der Waals surface area contributed by atoms with Crippen molar-refractivity contribution in [2.45, 2.75) is 175 Å². The van der Waals surface area contributed by atoms with E-state index < -0.39 is 0 Å². The summed E-state index contributed by atoms with van der Waals surface area (Å²) in [6, 6.07) is 0.